The van der Waals surface area contributed by atoms with Crippen LogP contribution in [0.1, 0.15) is 34.2 Å². The lowest BCUT2D eigenvalue weighted by Crippen LogP contribution is -2.44. The van der Waals surface area contributed by atoms with Crippen LogP contribution in [0.5, 0.6) is 0 Å². The zero-order chi connectivity index (χ0) is 24.1. The highest BCUT2D eigenvalue weighted by Crippen LogP contribution is 2.50. The van der Waals surface area contributed by atoms with E-state index < -0.39 is 65.0 Å². The Kier molecular flexibility index (Phi) is 5.52. The molecule has 0 fully saturated rings. The first-order valence-electron chi connectivity index (χ1n) is 8.68. The molecule has 1 aliphatic rings. The average molecular weight is 468 g/mol. The Balaban J connectivity index is 2.17. The van der Waals surface area contributed by atoms with E-state index in [1.54, 1.807) is 0 Å². The molecule has 1 atom stereocenters. The minimum atomic E-state index is -5.33. The van der Waals surface area contributed by atoms with Gasteiger partial charge in [0.25, 0.3) is 0 Å². The van der Waals surface area contributed by atoms with Gasteiger partial charge in [0.1, 0.15) is 17.3 Å². The molecule has 12 heteroatoms. The Labute approximate surface area is 173 Å². The van der Waals surface area contributed by atoms with Crippen LogP contribution >= 0.6 is 0 Å². The number of aliphatic imine (C=N–C) groups is 1. The summed E-state index contributed by atoms with van der Waals surface area (Å²) in [6.07, 6.45) is -17.0. The van der Waals surface area contributed by atoms with Crippen molar-refractivity contribution in [1.29, 1.82) is 5.26 Å². The lowest BCUT2D eigenvalue weighted by atomic mass is 9.75. The van der Waals surface area contributed by atoms with E-state index in [1.807, 2.05) is 0 Å². The van der Waals surface area contributed by atoms with Crippen LogP contribution in [-0.2, 0) is 17.8 Å². The average Bonchev–Trinajstić information content (AvgIpc) is 3.13. The van der Waals surface area contributed by atoms with E-state index in [0.717, 1.165) is 18.2 Å². The van der Waals surface area contributed by atoms with E-state index in [0.29, 0.717) is 0 Å². The monoisotopic (exact) mass is 468 g/mol. The Morgan fingerprint density at radius 2 is 1.41 bits per heavy atom. The molecule has 0 radical (unpaired) electrons. The normalized spacial score (nSPS) is 19.6. The highest BCUT2D eigenvalue weighted by molar-refractivity contribution is 6.03. The lowest BCUT2D eigenvalue weighted by molar-refractivity contribution is -0.184. The molecule has 3 rings (SSSR count). The van der Waals surface area contributed by atoms with Gasteiger partial charge >= 0.3 is 18.5 Å². The van der Waals surface area contributed by atoms with Crippen LogP contribution in [0.3, 0.4) is 0 Å². The van der Waals surface area contributed by atoms with Crippen molar-refractivity contribution in [3.05, 3.63) is 70.0 Å². The van der Waals surface area contributed by atoms with Gasteiger partial charge in [0.05, 0.1) is 23.2 Å². The van der Waals surface area contributed by atoms with Crippen molar-refractivity contribution in [1.82, 2.24) is 0 Å². The quantitative estimate of drug-likeness (QED) is 0.468. The molecule has 0 saturated carbocycles. The van der Waals surface area contributed by atoms with Crippen molar-refractivity contribution >= 4 is 5.71 Å². The van der Waals surface area contributed by atoms with Crippen LogP contribution in [0, 0.1) is 17.1 Å². The summed E-state index contributed by atoms with van der Waals surface area (Å²) in [5.74, 6) is -0.954. The van der Waals surface area contributed by atoms with E-state index in [4.69, 9.17) is 5.26 Å². The third kappa shape index (κ3) is 4.16. The van der Waals surface area contributed by atoms with Gasteiger partial charge < -0.3 is 0 Å². The topological polar surface area (TPSA) is 36.1 Å². The van der Waals surface area contributed by atoms with Gasteiger partial charge in [0, 0.05) is 12.1 Å². The summed E-state index contributed by atoms with van der Waals surface area (Å²) in [4.78, 5) is 3.69. The second kappa shape index (κ2) is 7.50. The first-order valence-corrected chi connectivity index (χ1v) is 8.68. The van der Waals surface area contributed by atoms with Gasteiger partial charge in [-0.05, 0) is 41.5 Å². The van der Waals surface area contributed by atoms with Crippen molar-refractivity contribution in [3.63, 3.8) is 0 Å². The third-order valence-electron chi connectivity index (χ3n) is 5.11. The molecule has 170 valence electrons. The third-order valence-corrected chi connectivity index (χ3v) is 5.11. The number of nitrogens with zero attached hydrogens (tertiary/aromatic N) is 2. The molecule has 0 amide bonds. The zero-order valence-corrected chi connectivity index (χ0v) is 15.6. The largest absolute Gasteiger partial charge is 0.416 e. The maximum Gasteiger partial charge on any atom is 0.416 e. The van der Waals surface area contributed by atoms with Crippen molar-refractivity contribution in [2.24, 2.45) is 4.99 Å². The molecule has 2 nitrogen and oxygen atoms in total. The molecule has 0 spiro atoms. The number of benzene rings is 2. The fourth-order valence-corrected chi connectivity index (χ4v) is 3.39. The molecule has 0 bridgehead atoms. The molecule has 1 heterocycles. The molecular weight excluding hydrogens is 458 g/mol. The molecule has 0 aromatic heterocycles. The predicted molar refractivity (Wildman–Crippen MR) is 91.3 cm³/mol. The number of alkyl halides is 9. The van der Waals surface area contributed by atoms with Gasteiger partial charge in [0.15, 0.2) is 0 Å². The van der Waals surface area contributed by atoms with Crippen molar-refractivity contribution in [2.75, 3.05) is 6.54 Å². The summed E-state index contributed by atoms with van der Waals surface area (Å²) in [5, 5.41) is 8.89. The smallest absolute Gasteiger partial charge is 0.288 e. The molecule has 2 aromatic rings. The highest BCUT2D eigenvalue weighted by Gasteiger charge is 2.59. The molecule has 1 aliphatic heterocycles. The van der Waals surface area contributed by atoms with E-state index in [1.165, 1.54) is 6.07 Å². The molecular formula is C20H10F10N2. The fraction of sp³-hybridized carbons (Fsp3) is 0.300. The Hall–Kier alpha value is -3.10. The van der Waals surface area contributed by atoms with Crippen LogP contribution in [-0.4, -0.2) is 18.4 Å². The fourth-order valence-electron chi connectivity index (χ4n) is 3.39. The zero-order valence-electron chi connectivity index (χ0n) is 15.6. The van der Waals surface area contributed by atoms with Gasteiger partial charge in [-0.25, -0.2) is 4.39 Å². The summed E-state index contributed by atoms with van der Waals surface area (Å²) in [6, 6.07) is 4.03. The Morgan fingerprint density at radius 1 is 0.844 bits per heavy atom. The number of halogens is 10. The maximum atomic E-state index is 14.1. The van der Waals surface area contributed by atoms with Crippen molar-refractivity contribution in [3.8, 4) is 6.07 Å². The molecule has 0 aliphatic carbocycles. The summed E-state index contributed by atoms with van der Waals surface area (Å²) in [6.45, 7) is -1.18. The SMILES string of the molecule is N#Cc1cc(C2=NCC(c3cc(C(F)(F)F)cc(C(F)(F)F)c3)(C(F)(F)F)C2)ccc1F. The Bertz CT molecular complexity index is 1090. The van der Waals surface area contributed by atoms with Gasteiger partial charge in [-0.15, -0.1) is 0 Å². The summed E-state index contributed by atoms with van der Waals surface area (Å²) >= 11 is 0. The second-order valence-corrected chi connectivity index (χ2v) is 7.12. The summed E-state index contributed by atoms with van der Waals surface area (Å²) in [5.41, 5.74) is -9.12. The molecule has 32 heavy (non-hydrogen) atoms. The van der Waals surface area contributed by atoms with E-state index in [9.17, 15) is 43.9 Å². The first-order chi connectivity index (χ1) is 14.6. The maximum absolute atomic E-state index is 14.1. The number of hydrogen-bond acceptors (Lipinski definition) is 2. The molecule has 0 saturated heterocycles. The second-order valence-electron chi connectivity index (χ2n) is 7.12. The molecule has 0 N–H and O–H groups in total. The Morgan fingerprint density at radius 3 is 1.88 bits per heavy atom. The van der Waals surface area contributed by atoms with Crippen molar-refractivity contribution < 1.29 is 43.9 Å². The van der Waals surface area contributed by atoms with Gasteiger partial charge in [0.2, 0.25) is 0 Å². The number of hydrogen-bond donors (Lipinski definition) is 0. The van der Waals surface area contributed by atoms with E-state index in [-0.39, 0.29) is 29.5 Å². The van der Waals surface area contributed by atoms with Gasteiger partial charge in [-0.2, -0.15) is 44.8 Å². The van der Waals surface area contributed by atoms with E-state index in [2.05, 4.69) is 4.99 Å². The number of nitriles is 1. The van der Waals surface area contributed by atoms with Crippen LogP contribution in [0.4, 0.5) is 43.9 Å². The van der Waals surface area contributed by atoms with E-state index >= 15 is 0 Å². The summed E-state index contributed by atoms with van der Waals surface area (Å²) < 4.78 is 135. The van der Waals surface area contributed by atoms with Crippen LogP contribution in [0.25, 0.3) is 0 Å². The number of rotatable bonds is 2. The molecule has 2 aromatic carbocycles. The lowest BCUT2D eigenvalue weighted by Gasteiger charge is -2.32. The minimum absolute atomic E-state index is 0.0343. The van der Waals surface area contributed by atoms with Crippen LogP contribution in [0.2, 0.25) is 0 Å². The highest BCUT2D eigenvalue weighted by atomic mass is 19.4. The minimum Gasteiger partial charge on any atom is -0.288 e. The van der Waals surface area contributed by atoms with Gasteiger partial charge in [-0.1, -0.05) is 6.07 Å². The van der Waals surface area contributed by atoms with Crippen LogP contribution < -0.4 is 0 Å². The van der Waals surface area contributed by atoms with Gasteiger partial charge in [-0.3, -0.25) is 4.99 Å². The van der Waals surface area contributed by atoms with Crippen LogP contribution in [0.15, 0.2) is 41.4 Å². The van der Waals surface area contributed by atoms with Crippen molar-refractivity contribution in [2.45, 2.75) is 30.4 Å². The first kappa shape index (κ1) is 23.6. The molecule has 1 unspecified atom stereocenters. The predicted octanol–water partition coefficient (Wildman–Crippen LogP) is 6.43. The summed E-state index contributed by atoms with van der Waals surface area (Å²) in [7, 11) is 0. The standard InChI is InChI=1S/C20H10F10N2/c21-15-2-1-10(3-11(15)8-31)16-7-17(9-32-16,20(28,29)30)12-4-13(18(22,23)24)6-14(5-12)19(25,26)27/h1-6H,7,9H2.